The topological polar surface area (TPSA) is 92.7 Å². The predicted molar refractivity (Wildman–Crippen MR) is 70.8 cm³/mol. The van der Waals surface area contributed by atoms with Crippen molar-refractivity contribution < 1.29 is 4.79 Å². The molecule has 7 heteroatoms. The SMILES string of the molecule is CCCNc1cncc(C(=O)Nc2ncccn2)n1. The van der Waals surface area contributed by atoms with Gasteiger partial charge in [-0.1, -0.05) is 6.92 Å². The highest BCUT2D eigenvalue weighted by Gasteiger charge is 2.10. The zero-order valence-corrected chi connectivity index (χ0v) is 10.5. The standard InChI is InChI=1S/C12H14N6O/c1-2-4-14-10-8-13-7-9(17-10)11(19)18-12-15-5-3-6-16-12/h3,5-8H,2,4H2,1H3,(H,14,17)(H,15,16,18,19). The van der Waals surface area contributed by atoms with Gasteiger partial charge in [0, 0.05) is 18.9 Å². The number of hydrogen-bond acceptors (Lipinski definition) is 6. The third kappa shape index (κ3) is 3.70. The van der Waals surface area contributed by atoms with Crippen LogP contribution in [0.25, 0.3) is 0 Å². The van der Waals surface area contributed by atoms with Crippen molar-refractivity contribution in [2.24, 2.45) is 0 Å². The van der Waals surface area contributed by atoms with E-state index in [2.05, 4.69) is 30.6 Å². The first-order valence-electron chi connectivity index (χ1n) is 5.94. The van der Waals surface area contributed by atoms with Crippen LogP contribution in [0.5, 0.6) is 0 Å². The molecular formula is C12H14N6O. The number of amides is 1. The smallest absolute Gasteiger partial charge is 0.278 e. The van der Waals surface area contributed by atoms with Crippen molar-refractivity contribution >= 4 is 17.7 Å². The van der Waals surface area contributed by atoms with E-state index in [0.717, 1.165) is 13.0 Å². The molecule has 0 saturated carbocycles. The second-order valence-corrected chi connectivity index (χ2v) is 3.74. The molecule has 2 aromatic rings. The van der Waals surface area contributed by atoms with Crippen LogP contribution >= 0.6 is 0 Å². The lowest BCUT2D eigenvalue weighted by Crippen LogP contribution is -2.16. The van der Waals surface area contributed by atoms with Gasteiger partial charge in [0.2, 0.25) is 5.95 Å². The Morgan fingerprint density at radius 2 is 2.05 bits per heavy atom. The van der Waals surface area contributed by atoms with Crippen LogP contribution in [0.2, 0.25) is 0 Å². The monoisotopic (exact) mass is 258 g/mol. The Hall–Kier alpha value is -2.57. The largest absolute Gasteiger partial charge is 0.369 e. The minimum absolute atomic E-state index is 0.216. The third-order valence-corrected chi connectivity index (χ3v) is 2.21. The Bertz CT molecular complexity index is 545. The summed E-state index contributed by atoms with van der Waals surface area (Å²) in [4.78, 5) is 27.9. The van der Waals surface area contributed by atoms with Crippen molar-refractivity contribution in [1.29, 1.82) is 0 Å². The quantitative estimate of drug-likeness (QED) is 0.840. The molecular weight excluding hydrogens is 244 g/mol. The van der Waals surface area contributed by atoms with Crippen molar-refractivity contribution in [2.45, 2.75) is 13.3 Å². The van der Waals surface area contributed by atoms with Gasteiger partial charge in [-0.15, -0.1) is 0 Å². The lowest BCUT2D eigenvalue weighted by atomic mass is 10.4. The molecule has 0 spiro atoms. The van der Waals surface area contributed by atoms with Crippen molar-refractivity contribution in [3.05, 3.63) is 36.5 Å². The summed E-state index contributed by atoms with van der Waals surface area (Å²) in [6, 6.07) is 1.67. The molecule has 19 heavy (non-hydrogen) atoms. The molecule has 0 aliphatic carbocycles. The van der Waals surface area contributed by atoms with Gasteiger partial charge in [-0.2, -0.15) is 0 Å². The summed E-state index contributed by atoms with van der Waals surface area (Å²) in [5.41, 5.74) is 0.216. The first-order valence-corrected chi connectivity index (χ1v) is 5.94. The molecule has 0 aliphatic heterocycles. The molecule has 2 aromatic heterocycles. The molecule has 98 valence electrons. The van der Waals surface area contributed by atoms with Gasteiger partial charge in [0.15, 0.2) is 0 Å². The summed E-state index contributed by atoms with van der Waals surface area (Å²) in [6.45, 7) is 2.82. The average Bonchev–Trinajstić information content (AvgIpc) is 2.46. The number of nitrogens with zero attached hydrogens (tertiary/aromatic N) is 4. The first kappa shape index (κ1) is 12.9. The van der Waals surface area contributed by atoms with E-state index in [0.29, 0.717) is 5.82 Å². The number of hydrogen-bond donors (Lipinski definition) is 2. The molecule has 0 saturated heterocycles. The van der Waals surface area contributed by atoms with E-state index in [1.807, 2.05) is 6.92 Å². The van der Waals surface area contributed by atoms with Gasteiger partial charge in [-0.3, -0.25) is 15.1 Å². The van der Waals surface area contributed by atoms with E-state index in [9.17, 15) is 4.79 Å². The molecule has 2 N–H and O–H groups in total. The Balaban J connectivity index is 2.06. The van der Waals surface area contributed by atoms with E-state index >= 15 is 0 Å². The van der Waals surface area contributed by atoms with Gasteiger partial charge in [-0.05, 0) is 12.5 Å². The van der Waals surface area contributed by atoms with E-state index in [1.165, 1.54) is 6.20 Å². The Morgan fingerprint density at radius 3 is 2.79 bits per heavy atom. The van der Waals surface area contributed by atoms with Crippen LogP contribution in [-0.4, -0.2) is 32.4 Å². The fourth-order valence-electron chi connectivity index (χ4n) is 1.34. The molecule has 0 radical (unpaired) electrons. The highest BCUT2D eigenvalue weighted by atomic mass is 16.2. The van der Waals surface area contributed by atoms with Gasteiger partial charge in [0.1, 0.15) is 11.5 Å². The maximum Gasteiger partial charge on any atom is 0.278 e. The normalized spacial score (nSPS) is 9.95. The van der Waals surface area contributed by atoms with Gasteiger partial charge < -0.3 is 5.32 Å². The van der Waals surface area contributed by atoms with E-state index in [1.54, 1.807) is 24.7 Å². The zero-order valence-electron chi connectivity index (χ0n) is 10.5. The molecule has 0 aromatic carbocycles. The van der Waals surface area contributed by atoms with Gasteiger partial charge in [0.05, 0.1) is 12.4 Å². The van der Waals surface area contributed by atoms with Crippen LogP contribution < -0.4 is 10.6 Å². The second kappa shape index (κ2) is 6.39. The average molecular weight is 258 g/mol. The summed E-state index contributed by atoms with van der Waals surface area (Å²) < 4.78 is 0. The maximum atomic E-state index is 11.9. The Morgan fingerprint density at radius 1 is 1.26 bits per heavy atom. The summed E-state index contributed by atoms with van der Waals surface area (Å²) in [7, 11) is 0. The second-order valence-electron chi connectivity index (χ2n) is 3.74. The lowest BCUT2D eigenvalue weighted by Gasteiger charge is -2.05. The van der Waals surface area contributed by atoms with Gasteiger partial charge >= 0.3 is 0 Å². The van der Waals surface area contributed by atoms with Gasteiger partial charge in [-0.25, -0.2) is 15.0 Å². The summed E-state index contributed by atoms with van der Waals surface area (Å²) in [6.07, 6.45) is 7.04. The fourth-order valence-corrected chi connectivity index (χ4v) is 1.34. The number of carbonyl (C=O) groups excluding carboxylic acids is 1. The minimum Gasteiger partial charge on any atom is -0.369 e. The third-order valence-electron chi connectivity index (χ3n) is 2.21. The minimum atomic E-state index is -0.390. The molecule has 2 rings (SSSR count). The molecule has 0 fully saturated rings. The van der Waals surface area contributed by atoms with E-state index in [4.69, 9.17) is 0 Å². The Kier molecular flexibility index (Phi) is 4.33. The summed E-state index contributed by atoms with van der Waals surface area (Å²) in [5, 5.41) is 5.62. The lowest BCUT2D eigenvalue weighted by molar-refractivity contribution is 0.102. The molecule has 0 aliphatic rings. The molecule has 0 bridgehead atoms. The fraction of sp³-hybridized carbons (Fsp3) is 0.250. The number of nitrogens with one attached hydrogen (secondary N) is 2. The molecule has 7 nitrogen and oxygen atoms in total. The maximum absolute atomic E-state index is 11.9. The predicted octanol–water partition coefficient (Wildman–Crippen LogP) is 1.34. The van der Waals surface area contributed by atoms with Crippen LogP contribution in [0.4, 0.5) is 11.8 Å². The summed E-state index contributed by atoms with van der Waals surface area (Å²) >= 11 is 0. The van der Waals surface area contributed by atoms with Crippen LogP contribution in [0, 0.1) is 0 Å². The van der Waals surface area contributed by atoms with E-state index in [-0.39, 0.29) is 17.5 Å². The number of carbonyl (C=O) groups is 1. The van der Waals surface area contributed by atoms with Crippen LogP contribution in [-0.2, 0) is 0 Å². The van der Waals surface area contributed by atoms with Crippen molar-refractivity contribution in [3.8, 4) is 0 Å². The van der Waals surface area contributed by atoms with Crippen molar-refractivity contribution in [2.75, 3.05) is 17.2 Å². The van der Waals surface area contributed by atoms with Crippen LogP contribution in [0.1, 0.15) is 23.8 Å². The highest BCUT2D eigenvalue weighted by molar-refractivity contribution is 6.01. The number of rotatable bonds is 5. The molecule has 1 amide bonds. The van der Waals surface area contributed by atoms with Crippen LogP contribution in [0.15, 0.2) is 30.9 Å². The van der Waals surface area contributed by atoms with Gasteiger partial charge in [0.25, 0.3) is 5.91 Å². The number of aromatic nitrogens is 4. The van der Waals surface area contributed by atoms with Crippen molar-refractivity contribution in [3.63, 3.8) is 0 Å². The zero-order chi connectivity index (χ0) is 13.5. The first-order chi connectivity index (χ1) is 9.29. The van der Waals surface area contributed by atoms with E-state index < -0.39 is 0 Å². The summed E-state index contributed by atoms with van der Waals surface area (Å²) in [5.74, 6) is 0.420. The molecule has 0 atom stereocenters. The Labute approximate surface area is 110 Å². The molecule has 0 unspecified atom stereocenters. The van der Waals surface area contributed by atoms with Crippen molar-refractivity contribution in [1.82, 2.24) is 19.9 Å². The number of anilines is 2. The highest BCUT2D eigenvalue weighted by Crippen LogP contribution is 2.04. The van der Waals surface area contributed by atoms with Crippen LogP contribution in [0.3, 0.4) is 0 Å². The molecule has 2 heterocycles.